The molecule has 0 bridgehead atoms. The van der Waals surface area contributed by atoms with E-state index in [2.05, 4.69) is 12.1 Å². The lowest BCUT2D eigenvalue weighted by Crippen LogP contribution is -2.31. The monoisotopic (exact) mass is 245 g/mol. The van der Waals surface area contributed by atoms with Crippen LogP contribution in [0, 0.1) is 5.92 Å². The molecule has 0 aromatic heterocycles. The van der Waals surface area contributed by atoms with Gasteiger partial charge in [-0.05, 0) is 24.8 Å². The van der Waals surface area contributed by atoms with Crippen LogP contribution in [0.2, 0.25) is 0 Å². The van der Waals surface area contributed by atoms with Crippen LogP contribution in [-0.2, 0) is 16.0 Å². The summed E-state index contributed by atoms with van der Waals surface area (Å²) in [5.74, 6) is -0.126. The Labute approximate surface area is 108 Å². The summed E-state index contributed by atoms with van der Waals surface area (Å²) >= 11 is 0. The fourth-order valence-corrected chi connectivity index (χ4v) is 2.33. The first-order valence-electron chi connectivity index (χ1n) is 6.56. The zero-order chi connectivity index (χ0) is 13.0. The standard InChI is InChI=1S/C15H19NO2/c1-12-11-14(17)16(15(12)18)10-6-5-9-13-7-3-2-4-8-13/h2-4,7-8,12H,5-6,9-11H2,1H3/t12-/m1/s1. The second-order valence-corrected chi connectivity index (χ2v) is 4.93. The lowest BCUT2D eigenvalue weighted by molar-refractivity contribution is -0.139. The average Bonchev–Trinajstić information content (AvgIpc) is 2.61. The Kier molecular flexibility index (Phi) is 4.13. The fraction of sp³-hybridized carbons (Fsp3) is 0.467. The normalized spacial score (nSPS) is 19.6. The third-order valence-corrected chi connectivity index (χ3v) is 3.41. The predicted octanol–water partition coefficient (Wildman–Crippen LogP) is 2.40. The molecule has 3 heteroatoms. The minimum atomic E-state index is -0.119. The highest BCUT2D eigenvalue weighted by Crippen LogP contribution is 2.19. The average molecular weight is 245 g/mol. The van der Waals surface area contributed by atoms with Gasteiger partial charge in [-0.3, -0.25) is 14.5 Å². The van der Waals surface area contributed by atoms with Crippen molar-refractivity contribution in [1.82, 2.24) is 4.90 Å². The Morgan fingerprint density at radius 3 is 2.50 bits per heavy atom. The second-order valence-electron chi connectivity index (χ2n) is 4.93. The van der Waals surface area contributed by atoms with E-state index in [4.69, 9.17) is 0 Å². The number of imide groups is 1. The first kappa shape index (κ1) is 12.8. The van der Waals surface area contributed by atoms with Crippen molar-refractivity contribution in [1.29, 1.82) is 0 Å². The molecule has 0 unspecified atom stereocenters. The highest BCUT2D eigenvalue weighted by Gasteiger charge is 2.34. The van der Waals surface area contributed by atoms with Crippen LogP contribution in [0.25, 0.3) is 0 Å². The SMILES string of the molecule is C[C@@H]1CC(=O)N(CCCCc2ccccc2)C1=O. The van der Waals surface area contributed by atoms with Crippen LogP contribution < -0.4 is 0 Å². The number of hydrogen-bond acceptors (Lipinski definition) is 2. The third kappa shape index (κ3) is 2.97. The highest BCUT2D eigenvalue weighted by molar-refractivity contribution is 6.03. The zero-order valence-corrected chi connectivity index (χ0v) is 10.8. The van der Waals surface area contributed by atoms with Crippen LogP contribution in [0.4, 0.5) is 0 Å². The van der Waals surface area contributed by atoms with E-state index in [9.17, 15) is 9.59 Å². The number of carbonyl (C=O) groups excluding carboxylic acids is 2. The molecule has 1 heterocycles. The van der Waals surface area contributed by atoms with Crippen LogP contribution in [0.1, 0.15) is 31.7 Å². The van der Waals surface area contributed by atoms with Crippen molar-refractivity contribution in [2.45, 2.75) is 32.6 Å². The molecular formula is C15H19NO2. The molecular weight excluding hydrogens is 226 g/mol. The molecule has 18 heavy (non-hydrogen) atoms. The van der Waals surface area contributed by atoms with Gasteiger partial charge < -0.3 is 0 Å². The van der Waals surface area contributed by atoms with Gasteiger partial charge in [-0.15, -0.1) is 0 Å². The number of amides is 2. The van der Waals surface area contributed by atoms with Crippen molar-refractivity contribution >= 4 is 11.8 Å². The van der Waals surface area contributed by atoms with Gasteiger partial charge in [-0.2, -0.15) is 0 Å². The van der Waals surface area contributed by atoms with E-state index in [0.717, 1.165) is 19.3 Å². The van der Waals surface area contributed by atoms with Gasteiger partial charge in [0.25, 0.3) is 0 Å². The number of unbranched alkanes of at least 4 members (excludes halogenated alkanes) is 1. The predicted molar refractivity (Wildman–Crippen MR) is 69.9 cm³/mol. The Bertz CT molecular complexity index is 427. The van der Waals surface area contributed by atoms with E-state index in [1.54, 1.807) is 0 Å². The molecule has 96 valence electrons. The number of likely N-dealkylation sites (tertiary alicyclic amines) is 1. The van der Waals surface area contributed by atoms with Crippen molar-refractivity contribution in [3.05, 3.63) is 35.9 Å². The molecule has 0 radical (unpaired) electrons. The lowest BCUT2D eigenvalue weighted by Gasteiger charge is -2.13. The topological polar surface area (TPSA) is 37.4 Å². The van der Waals surface area contributed by atoms with Crippen LogP contribution in [0.5, 0.6) is 0 Å². The molecule has 1 fully saturated rings. The summed E-state index contributed by atoms with van der Waals surface area (Å²) in [6.07, 6.45) is 3.29. The molecule has 2 amide bonds. The van der Waals surface area contributed by atoms with Crippen LogP contribution in [0.15, 0.2) is 30.3 Å². The highest BCUT2D eigenvalue weighted by atomic mass is 16.2. The summed E-state index contributed by atoms with van der Waals surface area (Å²) in [6.45, 7) is 2.40. The van der Waals surface area contributed by atoms with Crippen molar-refractivity contribution in [2.24, 2.45) is 5.92 Å². The number of nitrogens with zero attached hydrogens (tertiary/aromatic N) is 1. The van der Waals surface area contributed by atoms with Crippen molar-refractivity contribution in [3.63, 3.8) is 0 Å². The number of hydrogen-bond donors (Lipinski definition) is 0. The molecule has 0 saturated carbocycles. The summed E-state index contributed by atoms with van der Waals surface area (Å²) in [5, 5.41) is 0. The van der Waals surface area contributed by atoms with E-state index >= 15 is 0 Å². The number of rotatable bonds is 5. The van der Waals surface area contributed by atoms with E-state index in [1.165, 1.54) is 10.5 Å². The lowest BCUT2D eigenvalue weighted by atomic mass is 10.1. The van der Waals surface area contributed by atoms with Gasteiger partial charge in [0, 0.05) is 18.9 Å². The molecule has 1 aromatic rings. The molecule has 2 rings (SSSR count). The zero-order valence-electron chi connectivity index (χ0n) is 10.8. The summed E-state index contributed by atoms with van der Waals surface area (Å²) in [6, 6.07) is 10.3. The largest absolute Gasteiger partial charge is 0.282 e. The van der Waals surface area contributed by atoms with E-state index in [1.807, 2.05) is 25.1 Å². The van der Waals surface area contributed by atoms with Crippen LogP contribution in [-0.4, -0.2) is 23.3 Å². The van der Waals surface area contributed by atoms with Gasteiger partial charge in [-0.25, -0.2) is 0 Å². The molecule has 0 spiro atoms. The van der Waals surface area contributed by atoms with Gasteiger partial charge in [0.2, 0.25) is 11.8 Å². The summed E-state index contributed by atoms with van der Waals surface area (Å²) < 4.78 is 0. The van der Waals surface area contributed by atoms with Crippen molar-refractivity contribution < 1.29 is 9.59 Å². The third-order valence-electron chi connectivity index (χ3n) is 3.41. The smallest absolute Gasteiger partial charge is 0.232 e. The van der Waals surface area contributed by atoms with Crippen molar-refractivity contribution in [2.75, 3.05) is 6.54 Å². The molecule has 0 aliphatic carbocycles. The number of benzene rings is 1. The Morgan fingerprint density at radius 1 is 1.17 bits per heavy atom. The quantitative estimate of drug-likeness (QED) is 0.590. The van der Waals surface area contributed by atoms with Gasteiger partial charge in [0.05, 0.1) is 0 Å². The van der Waals surface area contributed by atoms with Gasteiger partial charge >= 0.3 is 0 Å². The minimum Gasteiger partial charge on any atom is -0.282 e. The van der Waals surface area contributed by atoms with Crippen molar-refractivity contribution in [3.8, 4) is 0 Å². The summed E-state index contributed by atoms with van der Waals surface area (Å²) in [4.78, 5) is 24.7. The molecule has 1 aliphatic heterocycles. The fourth-order valence-electron chi connectivity index (χ4n) is 2.33. The number of carbonyl (C=O) groups is 2. The first-order chi connectivity index (χ1) is 8.68. The van der Waals surface area contributed by atoms with E-state index < -0.39 is 0 Å². The minimum absolute atomic E-state index is 0.000267. The molecule has 3 nitrogen and oxygen atoms in total. The molecule has 1 aliphatic rings. The molecule has 1 aromatic carbocycles. The van der Waals surface area contributed by atoms with Gasteiger partial charge in [-0.1, -0.05) is 37.3 Å². The molecule has 0 N–H and O–H groups in total. The van der Waals surface area contributed by atoms with Crippen LogP contribution in [0.3, 0.4) is 0 Å². The van der Waals surface area contributed by atoms with Gasteiger partial charge in [0.1, 0.15) is 0 Å². The second kappa shape index (κ2) is 5.80. The Hall–Kier alpha value is -1.64. The summed E-state index contributed by atoms with van der Waals surface area (Å²) in [7, 11) is 0. The number of aryl methyl sites for hydroxylation is 1. The van der Waals surface area contributed by atoms with E-state index in [0.29, 0.717) is 13.0 Å². The summed E-state index contributed by atoms with van der Waals surface area (Å²) in [5.41, 5.74) is 1.31. The van der Waals surface area contributed by atoms with E-state index in [-0.39, 0.29) is 17.7 Å². The maximum Gasteiger partial charge on any atom is 0.232 e. The Balaban J connectivity index is 1.73. The molecule has 1 saturated heterocycles. The first-order valence-corrected chi connectivity index (χ1v) is 6.56. The maximum absolute atomic E-state index is 11.7. The van der Waals surface area contributed by atoms with Gasteiger partial charge in [0.15, 0.2) is 0 Å². The van der Waals surface area contributed by atoms with Crippen LogP contribution >= 0.6 is 0 Å². The Morgan fingerprint density at radius 2 is 1.89 bits per heavy atom. The maximum atomic E-state index is 11.7. The molecule has 1 atom stereocenters.